The molecule has 1 saturated heterocycles. The lowest BCUT2D eigenvalue weighted by atomic mass is 9.85. The van der Waals surface area contributed by atoms with E-state index < -0.39 is 0 Å². The van der Waals surface area contributed by atoms with Crippen LogP contribution >= 0.6 is 0 Å². The van der Waals surface area contributed by atoms with E-state index in [1.165, 1.54) is 25.7 Å². The topological polar surface area (TPSA) is 35.6 Å². The number of nitrogens with zero attached hydrogens (tertiary/aromatic N) is 2. The van der Waals surface area contributed by atoms with Gasteiger partial charge in [-0.2, -0.15) is 0 Å². The third-order valence-electron chi connectivity index (χ3n) is 4.97. The average molecular weight is 267 g/mol. The molecule has 110 valence electrons. The van der Waals surface area contributed by atoms with Crippen LogP contribution in [0.3, 0.4) is 0 Å². The Morgan fingerprint density at radius 3 is 2.53 bits per heavy atom. The van der Waals surface area contributed by atoms with Gasteiger partial charge in [0.05, 0.1) is 6.04 Å². The fraction of sp³-hybridized carbons (Fsp3) is 0.933. The van der Waals surface area contributed by atoms with Gasteiger partial charge in [0, 0.05) is 39.3 Å². The first-order chi connectivity index (χ1) is 9.11. The normalized spacial score (nSPS) is 30.9. The van der Waals surface area contributed by atoms with Gasteiger partial charge in [-0.05, 0) is 25.7 Å². The number of amides is 1. The average Bonchev–Trinajstić information content (AvgIpc) is 2.46. The van der Waals surface area contributed by atoms with Crippen LogP contribution in [-0.2, 0) is 4.79 Å². The molecule has 0 aromatic heterocycles. The van der Waals surface area contributed by atoms with Crippen LogP contribution in [0.5, 0.6) is 0 Å². The van der Waals surface area contributed by atoms with Gasteiger partial charge in [0.2, 0.25) is 5.91 Å². The molecule has 3 atom stereocenters. The van der Waals surface area contributed by atoms with E-state index in [1.807, 2.05) is 11.9 Å². The van der Waals surface area contributed by atoms with Gasteiger partial charge < -0.3 is 10.2 Å². The highest BCUT2D eigenvalue weighted by atomic mass is 16.2. The third kappa shape index (κ3) is 3.48. The van der Waals surface area contributed by atoms with Crippen molar-refractivity contribution in [1.29, 1.82) is 0 Å². The van der Waals surface area contributed by atoms with Crippen molar-refractivity contribution in [3.63, 3.8) is 0 Å². The van der Waals surface area contributed by atoms with Crippen LogP contribution in [0.15, 0.2) is 0 Å². The molecule has 1 saturated carbocycles. The summed E-state index contributed by atoms with van der Waals surface area (Å²) < 4.78 is 0. The number of hydrogen-bond donors (Lipinski definition) is 1. The van der Waals surface area contributed by atoms with Crippen LogP contribution in [-0.4, -0.2) is 61.0 Å². The molecule has 0 radical (unpaired) electrons. The van der Waals surface area contributed by atoms with Gasteiger partial charge in [-0.3, -0.25) is 9.69 Å². The molecule has 1 aliphatic heterocycles. The smallest absolute Gasteiger partial charge is 0.239 e. The van der Waals surface area contributed by atoms with Crippen molar-refractivity contribution in [3.8, 4) is 0 Å². The maximum Gasteiger partial charge on any atom is 0.239 e. The minimum Gasteiger partial charge on any atom is -0.341 e. The van der Waals surface area contributed by atoms with Gasteiger partial charge in [-0.25, -0.2) is 0 Å². The zero-order valence-electron chi connectivity index (χ0n) is 12.7. The van der Waals surface area contributed by atoms with Crippen LogP contribution in [0.4, 0.5) is 0 Å². The lowest BCUT2D eigenvalue weighted by Crippen LogP contribution is -2.55. The number of rotatable bonds is 3. The minimum atomic E-state index is 0.0289. The van der Waals surface area contributed by atoms with Crippen molar-refractivity contribution in [2.24, 2.45) is 5.92 Å². The maximum absolute atomic E-state index is 12.7. The van der Waals surface area contributed by atoms with Crippen LogP contribution in [0.2, 0.25) is 0 Å². The minimum absolute atomic E-state index is 0.0289. The number of piperazine rings is 1. The summed E-state index contributed by atoms with van der Waals surface area (Å²) in [5.41, 5.74) is 0. The van der Waals surface area contributed by atoms with E-state index in [9.17, 15) is 4.79 Å². The number of carbonyl (C=O) groups excluding carboxylic acids is 1. The summed E-state index contributed by atoms with van der Waals surface area (Å²) in [7, 11) is 2.01. The monoisotopic (exact) mass is 267 g/mol. The van der Waals surface area contributed by atoms with Crippen LogP contribution < -0.4 is 5.32 Å². The zero-order valence-corrected chi connectivity index (χ0v) is 12.7. The molecule has 0 spiro atoms. The van der Waals surface area contributed by atoms with E-state index in [4.69, 9.17) is 0 Å². The second-order valence-electron chi connectivity index (χ2n) is 6.24. The van der Waals surface area contributed by atoms with Crippen LogP contribution in [0.1, 0.15) is 39.5 Å². The second kappa shape index (κ2) is 6.71. The molecule has 3 unspecified atom stereocenters. The molecule has 0 aromatic carbocycles. The summed E-state index contributed by atoms with van der Waals surface area (Å²) >= 11 is 0. The molecule has 4 nitrogen and oxygen atoms in total. The zero-order chi connectivity index (χ0) is 13.8. The summed E-state index contributed by atoms with van der Waals surface area (Å²) in [4.78, 5) is 17.0. The first-order valence-corrected chi connectivity index (χ1v) is 7.82. The molecular weight excluding hydrogens is 238 g/mol. The highest BCUT2D eigenvalue weighted by molar-refractivity contribution is 5.81. The van der Waals surface area contributed by atoms with Gasteiger partial charge in [0.15, 0.2) is 0 Å². The summed E-state index contributed by atoms with van der Waals surface area (Å²) in [5, 5.41) is 3.34. The summed E-state index contributed by atoms with van der Waals surface area (Å²) in [6, 6.07) is 0.479. The molecule has 1 aliphatic carbocycles. The largest absolute Gasteiger partial charge is 0.341 e. The Bertz CT molecular complexity index is 302. The van der Waals surface area contributed by atoms with Crippen molar-refractivity contribution < 1.29 is 4.79 Å². The number of nitrogens with one attached hydrogen (secondary N) is 1. The predicted molar refractivity (Wildman–Crippen MR) is 78.1 cm³/mol. The van der Waals surface area contributed by atoms with Gasteiger partial charge in [0.1, 0.15) is 0 Å². The van der Waals surface area contributed by atoms with E-state index in [2.05, 4.69) is 24.1 Å². The Morgan fingerprint density at radius 2 is 1.89 bits per heavy atom. The second-order valence-corrected chi connectivity index (χ2v) is 6.24. The van der Waals surface area contributed by atoms with E-state index in [0.717, 1.165) is 26.2 Å². The molecule has 2 aliphatic rings. The first-order valence-electron chi connectivity index (χ1n) is 7.82. The standard InChI is InChI=1S/C15H29N3O/c1-12-6-4-5-7-14(12)17(3)15(19)13(2)18-10-8-16-9-11-18/h12-14,16H,4-11H2,1-3H3. The number of carbonyl (C=O) groups is 1. The quantitative estimate of drug-likeness (QED) is 0.837. The molecule has 2 rings (SSSR count). The summed E-state index contributed by atoms with van der Waals surface area (Å²) in [6.45, 7) is 8.34. The van der Waals surface area contributed by atoms with Gasteiger partial charge in [0.25, 0.3) is 0 Å². The summed E-state index contributed by atoms with van der Waals surface area (Å²) in [6.07, 6.45) is 5.05. The van der Waals surface area contributed by atoms with Crippen LogP contribution in [0, 0.1) is 5.92 Å². The third-order valence-corrected chi connectivity index (χ3v) is 4.97. The van der Waals surface area contributed by atoms with Crippen molar-refractivity contribution >= 4 is 5.91 Å². The molecule has 0 aromatic rings. The Balaban J connectivity index is 1.93. The van der Waals surface area contributed by atoms with Gasteiger partial charge >= 0.3 is 0 Å². The van der Waals surface area contributed by atoms with E-state index >= 15 is 0 Å². The molecule has 0 bridgehead atoms. The van der Waals surface area contributed by atoms with E-state index in [1.54, 1.807) is 0 Å². The lowest BCUT2D eigenvalue weighted by Gasteiger charge is -2.40. The molecule has 1 heterocycles. The Hall–Kier alpha value is -0.610. The Morgan fingerprint density at radius 1 is 1.26 bits per heavy atom. The number of hydrogen-bond acceptors (Lipinski definition) is 3. The molecular formula is C15H29N3O. The lowest BCUT2D eigenvalue weighted by molar-refractivity contribution is -0.139. The Kier molecular flexibility index (Phi) is 5.22. The van der Waals surface area contributed by atoms with E-state index in [0.29, 0.717) is 17.9 Å². The van der Waals surface area contributed by atoms with Crippen molar-refractivity contribution in [1.82, 2.24) is 15.1 Å². The maximum atomic E-state index is 12.7. The molecule has 4 heteroatoms. The van der Waals surface area contributed by atoms with E-state index in [-0.39, 0.29) is 6.04 Å². The van der Waals surface area contributed by atoms with Crippen LogP contribution in [0.25, 0.3) is 0 Å². The van der Waals surface area contributed by atoms with Crippen molar-refractivity contribution in [2.45, 2.75) is 51.6 Å². The highest BCUT2D eigenvalue weighted by Gasteiger charge is 2.32. The highest BCUT2D eigenvalue weighted by Crippen LogP contribution is 2.28. The van der Waals surface area contributed by atoms with Gasteiger partial charge in [-0.15, -0.1) is 0 Å². The summed E-state index contributed by atoms with van der Waals surface area (Å²) in [5.74, 6) is 0.957. The SMILES string of the molecule is CC1CCCCC1N(C)C(=O)C(C)N1CCNCC1. The molecule has 19 heavy (non-hydrogen) atoms. The van der Waals surface area contributed by atoms with Gasteiger partial charge in [-0.1, -0.05) is 19.8 Å². The van der Waals surface area contributed by atoms with Crippen molar-refractivity contribution in [3.05, 3.63) is 0 Å². The predicted octanol–water partition coefficient (Wildman–Crippen LogP) is 1.32. The molecule has 1 N–H and O–H groups in total. The van der Waals surface area contributed by atoms with Crippen molar-refractivity contribution in [2.75, 3.05) is 33.2 Å². The molecule has 2 fully saturated rings. The molecule has 1 amide bonds. The fourth-order valence-corrected chi connectivity index (χ4v) is 3.56. The Labute approximate surface area is 117 Å². The fourth-order valence-electron chi connectivity index (χ4n) is 3.56. The number of likely N-dealkylation sites (N-methyl/N-ethyl adjacent to an activating group) is 1. The first kappa shape index (κ1) is 14.8.